The van der Waals surface area contributed by atoms with Crippen molar-refractivity contribution in [2.75, 3.05) is 24.5 Å². The monoisotopic (exact) mass is 261 g/mol. The van der Waals surface area contributed by atoms with Crippen molar-refractivity contribution in [2.45, 2.75) is 33.1 Å². The Hall–Kier alpha value is -1.62. The molecule has 2 rings (SSSR count). The van der Waals surface area contributed by atoms with Crippen LogP contribution in [0.4, 0.5) is 5.82 Å². The van der Waals surface area contributed by atoms with E-state index in [1.165, 1.54) is 0 Å². The second-order valence-corrected chi connectivity index (χ2v) is 5.03. The van der Waals surface area contributed by atoms with Crippen LogP contribution in [0.15, 0.2) is 18.5 Å². The lowest BCUT2D eigenvalue weighted by molar-refractivity contribution is 0.742. The van der Waals surface area contributed by atoms with E-state index >= 15 is 0 Å². The Labute approximate surface area is 114 Å². The predicted octanol–water partition coefficient (Wildman–Crippen LogP) is 2.03. The molecule has 0 radical (unpaired) electrons. The molecule has 2 heterocycles. The molecule has 104 valence electrons. The summed E-state index contributed by atoms with van der Waals surface area (Å²) in [5.41, 5.74) is 7.78. The van der Waals surface area contributed by atoms with E-state index < -0.39 is 0 Å². The van der Waals surface area contributed by atoms with Crippen LogP contribution >= 0.6 is 0 Å². The number of nitrogens with zero attached hydrogens (tertiary/aromatic N) is 4. The highest BCUT2D eigenvalue weighted by atomic mass is 15.3. The fourth-order valence-corrected chi connectivity index (χ4v) is 2.15. The molecule has 2 aromatic heterocycles. The van der Waals surface area contributed by atoms with Gasteiger partial charge >= 0.3 is 0 Å². The molecule has 5 heteroatoms. The molecule has 0 fully saturated rings. The van der Waals surface area contributed by atoms with Gasteiger partial charge in [-0.3, -0.25) is 0 Å². The number of rotatable bonds is 6. The molecule has 0 saturated carbocycles. The summed E-state index contributed by atoms with van der Waals surface area (Å²) in [6.45, 7) is 9.01. The minimum atomic E-state index is 0.423. The van der Waals surface area contributed by atoms with E-state index in [2.05, 4.69) is 41.8 Å². The van der Waals surface area contributed by atoms with Crippen molar-refractivity contribution >= 4 is 11.3 Å². The second kappa shape index (κ2) is 6.02. The number of aromatic nitrogens is 3. The first-order valence-electron chi connectivity index (χ1n) is 6.96. The summed E-state index contributed by atoms with van der Waals surface area (Å²) in [4.78, 5) is 6.79. The van der Waals surface area contributed by atoms with E-state index in [0.29, 0.717) is 12.5 Å². The molecule has 0 aromatic carbocycles. The molecule has 19 heavy (non-hydrogen) atoms. The maximum absolute atomic E-state index is 5.60. The summed E-state index contributed by atoms with van der Waals surface area (Å²) in [6.07, 6.45) is 4.69. The minimum absolute atomic E-state index is 0.423. The van der Waals surface area contributed by atoms with Crippen LogP contribution in [-0.2, 0) is 0 Å². The second-order valence-electron chi connectivity index (χ2n) is 5.03. The average Bonchev–Trinajstić information content (AvgIpc) is 2.84. The molecule has 0 saturated heterocycles. The summed E-state index contributed by atoms with van der Waals surface area (Å²) >= 11 is 0. The third-order valence-corrected chi connectivity index (χ3v) is 3.29. The molecule has 0 aliphatic rings. The zero-order chi connectivity index (χ0) is 13.8. The maximum atomic E-state index is 5.60. The predicted molar refractivity (Wildman–Crippen MR) is 78.6 cm³/mol. The number of hydrogen-bond acceptors (Lipinski definition) is 4. The Morgan fingerprint density at radius 1 is 1.42 bits per heavy atom. The first kappa shape index (κ1) is 13.8. The van der Waals surface area contributed by atoms with Gasteiger partial charge in [0.2, 0.25) is 0 Å². The molecule has 5 nitrogen and oxygen atoms in total. The van der Waals surface area contributed by atoms with Gasteiger partial charge in [-0.05, 0) is 31.9 Å². The van der Waals surface area contributed by atoms with Crippen molar-refractivity contribution in [1.82, 2.24) is 14.6 Å². The van der Waals surface area contributed by atoms with Crippen molar-refractivity contribution in [3.8, 4) is 0 Å². The van der Waals surface area contributed by atoms with Crippen LogP contribution in [0.3, 0.4) is 0 Å². The first-order valence-corrected chi connectivity index (χ1v) is 6.96. The zero-order valence-electron chi connectivity index (χ0n) is 12.0. The summed E-state index contributed by atoms with van der Waals surface area (Å²) in [6, 6.07) is 2.14. The van der Waals surface area contributed by atoms with Crippen LogP contribution < -0.4 is 10.6 Å². The molecule has 0 bridgehead atoms. The van der Waals surface area contributed by atoms with Gasteiger partial charge in [0.05, 0.1) is 5.69 Å². The van der Waals surface area contributed by atoms with E-state index in [0.717, 1.165) is 36.5 Å². The molecular formula is C14H23N5. The number of hydrogen-bond donors (Lipinski definition) is 1. The lowest BCUT2D eigenvalue weighted by atomic mass is 10.1. The molecule has 0 spiro atoms. The highest BCUT2D eigenvalue weighted by molar-refractivity contribution is 5.69. The fourth-order valence-electron chi connectivity index (χ4n) is 2.15. The summed E-state index contributed by atoms with van der Waals surface area (Å²) < 4.78 is 1.92. The van der Waals surface area contributed by atoms with Gasteiger partial charge in [0.25, 0.3) is 0 Å². The highest BCUT2D eigenvalue weighted by Gasteiger charge is 2.13. The van der Waals surface area contributed by atoms with E-state index in [4.69, 9.17) is 5.73 Å². The van der Waals surface area contributed by atoms with Crippen LogP contribution in [-0.4, -0.2) is 34.2 Å². The molecule has 2 aromatic rings. The quantitative estimate of drug-likeness (QED) is 0.864. The molecule has 0 atom stereocenters. The van der Waals surface area contributed by atoms with Crippen molar-refractivity contribution < 1.29 is 0 Å². The number of anilines is 1. The Balaban J connectivity index is 2.41. The number of nitrogens with two attached hydrogens (primary N) is 1. The Bertz CT molecular complexity index is 532. The topological polar surface area (TPSA) is 59.5 Å². The highest BCUT2D eigenvalue weighted by Crippen LogP contribution is 2.22. The van der Waals surface area contributed by atoms with E-state index in [1.54, 1.807) is 0 Å². The van der Waals surface area contributed by atoms with Crippen LogP contribution in [0.2, 0.25) is 0 Å². The molecule has 0 aliphatic carbocycles. The van der Waals surface area contributed by atoms with Gasteiger partial charge in [-0.25, -0.2) is 9.50 Å². The standard InChI is InChI=1S/C14H23N5/c1-4-18(8-5-6-15)14-13-10-12(11(2)3)17-19(13)9-7-16-14/h7,9-11H,4-6,8,15H2,1-3H3. The summed E-state index contributed by atoms with van der Waals surface area (Å²) in [5.74, 6) is 1.42. The van der Waals surface area contributed by atoms with Crippen LogP contribution in [0.1, 0.15) is 38.8 Å². The molecule has 0 unspecified atom stereocenters. The summed E-state index contributed by atoms with van der Waals surface area (Å²) in [7, 11) is 0. The van der Waals surface area contributed by atoms with Crippen molar-refractivity contribution in [1.29, 1.82) is 0 Å². The van der Waals surface area contributed by atoms with Crippen molar-refractivity contribution in [2.24, 2.45) is 5.73 Å². The summed E-state index contributed by atoms with van der Waals surface area (Å²) in [5, 5.41) is 4.60. The normalized spacial score (nSPS) is 11.4. The Morgan fingerprint density at radius 3 is 2.84 bits per heavy atom. The third-order valence-electron chi connectivity index (χ3n) is 3.29. The van der Waals surface area contributed by atoms with Gasteiger partial charge in [-0.15, -0.1) is 0 Å². The van der Waals surface area contributed by atoms with Gasteiger partial charge in [-0.1, -0.05) is 13.8 Å². The molecule has 0 amide bonds. The van der Waals surface area contributed by atoms with Crippen LogP contribution in [0.25, 0.3) is 5.52 Å². The molecular weight excluding hydrogens is 238 g/mol. The van der Waals surface area contributed by atoms with Gasteiger partial charge < -0.3 is 10.6 Å². The molecule has 2 N–H and O–H groups in total. The Kier molecular flexibility index (Phi) is 4.37. The van der Waals surface area contributed by atoms with E-state index in [-0.39, 0.29) is 0 Å². The lowest BCUT2D eigenvalue weighted by Gasteiger charge is -2.22. The van der Waals surface area contributed by atoms with Gasteiger partial charge in [0.15, 0.2) is 5.82 Å². The van der Waals surface area contributed by atoms with E-state index in [9.17, 15) is 0 Å². The van der Waals surface area contributed by atoms with Crippen LogP contribution in [0.5, 0.6) is 0 Å². The van der Waals surface area contributed by atoms with Gasteiger partial charge in [-0.2, -0.15) is 5.10 Å². The maximum Gasteiger partial charge on any atom is 0.154 e. The van der Waals surface area contributed by atoms with Gasteiger partial charge in [0, 0.05) is 25.5 Å². The average molecular weight is 261 g/mol. The van der Waals surface area contributed by atoms with E-state index in [1.807, 2.05) is 16.9 Å². The number of fused-ring (bicyclic) bond motifs is 1. The SMILES string of the molecule is CCN(CCCN)c1nccn2nc(C(C)C)cc12. The fraction of sp³-hybridized carbons (Fsp3) is 0.571. The molecule has 0 aliphatic heterocycles. The van der Waals surface area contributed by atoms with Gasteiger partial charge in [0.1, 0.15) is 5.52 Å². The zero-order valence-corrected chi connectivity index (χ0v) is 12.0. The minimum Gasteiger partial charge on any atom is -0.355 e. The largest absolute Gasteiger partial charge is 0.355 e. The Morgan fingerprint density at radius 2 is 2.21 bits per heavy atom. The first-order chi connectivity index (χ1) is 9.17. The van der Waals surface area contributed by atoms with Crippen molar-refractivity contribution in [3.05, 3.63) is 24.2 Å². The smallest absolute Gasteiger partial charge is 0.154 e. The lowest BCUT2D eigenvalue weighted by Crippen LogP contribution is -2.27. The van der Waals surface area contributed by atoms with Crippen LogP contribution in [0, 0.1) is 0 Å². The third kappa shape index (κ3) is 2.87. The van der Waals surface area contributed by atoms with Crippen molar-refractivity contribution in [3.63, 3.8) is 0 Å².